The summed E-state index contributed by atoms with van der Waals surface area (Å²) in [6.07, 6.45) is 0. The number of ether oxygens (including phenoxy) is 1. The number of carbonyl (C=O) groups is 2. The smallest absolute Gasteiger partial charge is 0.379 e. The fourth-order valence-electron chi connectivity index (χ4n) is 1.60. The number of rotatable bonds is 2. The molecule has 1 heterocycles. The van der Waals surface area contributed by atoms with E-state index >= 15 is 0 Å². The van der Waals surface area contributed by atoms with Crippen molar-refractivity contribution in [1.82, 2.24) is 0 Å². The minimum absolute atomic E-state index is 0.319. The molecule has 0 amide bonds. The summed E-state index contributed by atoms with van der Waals surface area (Å²) in [5.41, 5.74) is 0.154. The van der Waals surface area contributed by atoms with Gasteiger partial charge in [0.2, 0.25) is 0 Å². The van der Waals surface area contributed by atoms with Crippen molar-refractivity contribution in [3.05, 3.63) is 45.8 Å². The number of ketones is 1. The molecule has 0 aliphatic heterocycles. The Balaban J connectivity index is 2.65. The van der Waals surface area contributed by atoms with E-state index in [1.807, 2.05) is 6.92 Å². The summed E-state index contributed by atoms with van der Waals surface area (Å²) in [7, 11) is 1.08. The maximum Gasteiger partial charge on any atom is 0.379 e. The highest BCUT2D eigenvalue weighted by Gasteiger charge is 2.21. The Hall–Kier alpha value is -2.43. The number of esters is 1. The van der Waals surface area contributed by atoms with Gasteiger partial charge < -0.3 is 9.15 Å². The summed E-state index contributed by atoms with van der Waals surface area (Å²) in [4.78, 5) is 34.3. The van der Waals surface area contributed by atoms with Gasteiger partial charge in [0.1, 0.15) is 11.1 Å². The Bertz CT molecular complexity index is 696. The number of aryl methyl sites for hydroxylation is 1. The summed E-state index contributed by atoms with van der Waals surface area (Å²) >= 11 is 0. The van der Waals surface area contributed by atoms with Crippen molar-refractivity contribution < 1.29 is 18.7 Å². The monoisotopic (exact) mass is 246 g/mol. The van der Waals surface area contributed by atoms with E-state index in [4.69, 9.17) is 4.42 Å². The van der Waals surface area contributed by atoms with E-state index in [9.17, 15) is 14.4 Å². The predicted octanol–water partition coefficient (Wildman–Crippen LogP) is 1.46. The molecular formula is C13H10O5. The molecule has 0 fully saturated rings. The van der Waals surface area contributed by atoms with Gasteiger partial charge in [0, 0.05) is 5.39 Å². The first-order valence-electron chi connectivity index (χ1n) is 5.20. The lowest BCUT2D eigenvalue weighted by molar-refractivity contribution is -0.135. The molecule has 2 rings (SSSR count). The molecule has 92 valence electrons. The van der Waals surface area contributed by atoms with Crippen LogP contribution in [0, 0.1) is 6.92 Å². The molecule has 5 heteroatoms. The van der Waals surface area contributed by atoms with Crippen LogP contribution < -0.4 is 5.63 Å². The molecule has 18 heavy (non-hydrogen) atoms. The van der Waals surface area contributed by atoms with Gasteiger partial charge in [-0.1, -0.05) is 11.6 Å². The van der Waals surface area contributed by atoms with E-state index in [-0.39, 0.29) is 5.56 Å². The zero-order valence-electron chi connectivity index (χ0n) is 9.85. The highest BCUT2D eigenvalue weighted by atomic mass is 16.5. The SMILES string of the molecule is COC(=O)C(=O)c1cc2cc(C)ccc2oc1=O. The third-order valence-electron chi connectivity index (χ3n) is 2.50. The summed E-state index contributed by atoms with van der Waals surface area (Å²) < 4.78 is 9.27. The van der Waals surface area contributed by atoms with Gasteiger partial charge >= 0.3 is 11.6 Å². The number of hydrogen-bond donors (Lipinski definition) is 0. The Morgan fingerprint density at radius 3 is 2.61 bits per heavy atom. The molecule has 1 aromatic heterocycles. The van der Waals surface area contributed by atoms with Crippen LogP contribution >= 0.6 is 0 Å². The van der Waals surface area contributed by atoms with Gasteiger partial charge in [0.15, 0.2) is 0 Å². The van der Waals surface area contributed by atoms with E-state index in [1.165, 1.54) is 6.07 Å². The van der Waals surface area contributed by atoms with Crippen LogP contribution in [0.2, 0.25) is 0 Å². The van der Waals surface area contributed by atoms with Crippen LogP contribution in [0.15, 0.2) is 33.5 Å². The Kier molecular flexibility index (Phi) is 2.97. The predicted molar refractivity (Wildman–Crippen MR) is 63.6 cm³/mol. The third kappa shape index (κ3) is 2.02. The number of hydrogen-bond acceptors (Lipinski definition) is 5. The molecule has 0 N–H and O–H groups in total. The molecule has 5 nitrogen and oxygen atoms in total. The second kappa shape index (κ2) is 4.44. The first kappa shape index (κ1) is 12.0. The Labute approximate surface area is 102 Å². The van der Waals surface area contributed by atoms with Gasteiger partial charge in [-0.15, -0.1) is 0 Å². The first-order valence-corrected chi connectivity index (χ1v) is 5.20. The number of methoxy groups -OCH3 is 1. The van der Waals surface area contributed by atoms with Crippen LogP contribution in [0.1, 0.15) is 15.9 Å². The second-order valence-corrected chi connectivity index (χ2v) is 3.81. The van der Waals surface area contributed by atoms with E-state index in [0.717, 1.165) is 12.7 Å². The molecule has 1 aromatic carbocycles. The molecular weight excluding hydrogens is 236 g/mol. The summed E-state index contributed by atoms with van der Waals surface area (Å²) in [5.74, 6) is -2.09. The van der Waals surface area contributed by atoms with Crippen molar-refractivity contribution in [2.24, 2.45) is 0 Å². The van der Waals surface area contributed by atoms with Crippen molar-refractivity contribution in [1.29, 1.82) is 0 Å². The number of fused-ring (bicyclic) bond motifs is 1. The van der Waals surface area contributed by atoms with Crippen LogP contribution in [-0.2, 0) is 9.53 Å². The normalized spacial score (nSPS) is 10.3. The quantitative estimate of drug-likeness (QED) is 0.347. The highest BCUT2D eigenvalue weighted by Crippen LogP contribution is 2.15. The van der Waals surface area contributed by atoms with Crippen molar-refractivity contribution in [2.45, 2.75) is 6.92 Å². The maximum absolute atomic E-state index is 11.6. The van der Waals surface area contributed by atoms with E-state index in [1.54, 1.807) is 18.2 Å². The fourth-order valence-corrected chi connectivity index (χ4v) is 1.60. The van der Waals surface area contributed by atoms with Gasteiger partial charge in [-0.05, 0) is 25.1 Å². The van der Waals surface area contributed by atoms with Gasteiger partial charge in [-0.3, -0.25) is 4.79 Å². The van der Waals surface area contributed by atoms with Crippen molar-refractivity contribution in [3.8, 4) is 0 Å². The summed E-state index contributed by atoms with van der Waals surface area (Å²) in [6, 6.07) is 6.52. The zero-order chi connectivity index (χ0) is 13.3. The van der Waals surface area contributed by atoms with Crippen LogP contribution in [0.4, 0.5) is 0 Å². The average molecular weight is 246 g/mol. The van der Waals surface area contributed by atoms with Crippen LogP contribution in [0.3, 0.4) is 0 Å². The van der Waals surface area contributed by atoms with Crippen molar-refractivity contribution in [3.63, 3.8) is 0 Å². The fraction of sp³-hybridized carbons (Fsp3) is 0.154. The molecule has 0 radical (unpaired) electrons. The Morgan fingerprint density at radius 2 is 1.94 bits per heavy atom. The van der Waals surface area contributed by atoms with Crippen LogP contribution in [0.25, 0.3) is 11.0 Å². The van der Waals surface area contributed by atoms with Crippen molar-refractivity contribution >= 4 is 22.7 Å². The highest BCUT2D eigenvalue weighted by molar-refractivity contribution is 6.40. The molecule has 0 saturated heterocycles. The lowest BCUT2D eigenvalue weighted by Gasteiger charge is -2.01. The number of carbonyl (C=O) groups excluding carboxylic acids is 2. The van der Waals surface area contributed by atoms with Crippen molar-refractivity contribution in [2.75, 3.05) is 7.11 Å². The Morgan fingerprint density at radius 1 is 1.22 bits per heavy atom. The maximum atomic E-state index is 11.6. The van der Waals surface area contributed by atoms with Gasteiger partial charge in [0.05, 0.1) is 7.11 Å². The number of benzene rings is 1. The van der Waals surface area contributed by atoms with E-state index < -0.39 is 17.4 Å². The molecule has 0 aliphatic rings. The summed E-state index contributed by atoms with van der Waals surface area (Å²) in [6.45, 7) is 1.87. The van der Waals surface area contributed by atoms with Crippen LogP contribution in [-0.4, -0.2) is 18.9 Å². The zero-order valence-corrected chi connectivity index (χ0v) is 9.85. The second-order valence-electron chi connectivity index (χ2n) is 3.81. The molecule has 0 unspecified atom stereocenters. The molecule has 0 aliphatic carbocycles. The lowest BCUT2D eigenvalue weighted by atomic mass is 10.1. The van der Waals surface area contributed by atoms with Gasteiger partial charge in [0.25, 0.3) is 5.78 Å². The molecule has 0 atom stereocenters. The molecule has 0 bridgehead atoms. The first-order chi connectivity index (χ1) is 8.52. The average Bonchev–Trinajstić information content (AvgIpc) is 2.36. The largest absolute Gasteiger partial charge is 0.463 e. The number of Topliss-reactive ketones (excluding diaryl/α,β-unsaturated/α-hetero) is 1. The lowest BCUT2D eigenvalue weighted by Crippen LogP contribution is -2.22. The van der Waals surface area contributed by atoms with Gasteiger partial charge in [-0.25, -0.2) is 9.59 Å². The standard InChI is InChI=1S/C13H10O5/c1-7-3-4-10-8(5-7)6-9(12(15)18-10)11(14)13(16)17-2/h3-6H,1-2H3. The molecule has 2 aromatic rings. The molecule has 0 spiro atoms. The minimum Gasteiger partial charge on any atom is -0.463 e. The van der Waals surface area contributed by atoms with Gasteiger partial charge in [-0.2, -0.15) is 0 Å². The third-order valence-corrected chi connectivity index (χ3v) is 2.50. The summed E-state index contributed by atoms with van der Waals surface area (Å²) in [5, 5.41) is 0.585. The van der Waals surface area contributed by atoms with E-state index in [2.05, 4.69) is 4.74 Å². The topological polar surface area (TPSA) is 73.6 Å². The van der Waals surface area contributed by atoms with Crippen LogP contribution in [0.5, 0.6) is 0 Å². The minimum atomic E-state index is -1.09. The molecule has 0 saturated carbocycles. The van der Waals surface area contributed by atoms with E-state index in [0.29, 0.717) is 11.0 Å².